The standard InChI is InChI=1S/C12H17N7OS/c20-11(13-5-1-2-10-14-7-15-17-10)6-21-12-18-16-8-19(12)9-3-4-9/h7-9H,1-6H2,(H,13,20)(H,14,15,17). The molecule has 1 saturated carbocycles. The average molecular weight is 307 g/mol. The fraction of sp³-hybridized carbons (Fsp3) is 0.583. The first-order valence-corrected chi connectivity index (χ1v) is 7.95. The number of hydrogen-bond donors (Lipinski definition) is 2. The SMILES string of the molecule is O=C(CSc1nncn1C1CC1)NCCCc1ncn[nH]1. The van der Waals surface area contributed by atoms with Crippen molar-refractivity contribution in [3.63, 3.8) is 0 Å². The van der Waals surface area contributed by atoms with E-state index in [1.165, 1.54) is 30.9 Å². The largest absolute Gasteiger partial charge is 0.355 e. The van der Waals surface area contributed by atoms with E-state index < -0.39 is 0 Å². The van der Waals surface area contributed by atoms with Crippen molar-refractivity contribution >= 4 is 17.7 Å². The van der Waals surface area contributed by atoms with E-state index in [0.717, 1.165) is 23.8 Å². The summed E-state index contributed by atoms with van der Waals surface area (Å²) in [7, 11) is 0. The normalized spacial score (nSPS) is 14.3. The molecular weight excluding hydrogens is 290 g/mol. The minimum absolute atomic E-state index is 0.0166. The van der Waals surface area contributed by atoms with E-state index in [1.807, 2.05) is 0 Å². The summed E-state index contributed by atoms with van der Waals surface area (Å²) in [6.07, 6.45) is 7.21. The number of carbonyl (C=O) groups is 1. The Hall–Kier alpha value is -1.90. The van der Waals surface area contributed by atoms with Gasteiger partial charge >= 0.3 is 0 Å². The molecule has 0 spiro atoms. The summed E-state index contributed by atoms with van der Waals surface area (Å²) in [4.78, 5) is 15.8. The Labute approximate surface area is 126 Å². The number of rotatable bonds is 8. The Morgan fingerprint density at radius 1 is 1.52 bits per heavy atom. The Kier molecular flexibility index (Phi) is 4.49. The molecule has 112 valence electrons. The van der Waals surface area contributed by atoms with Gasteiger partial charge in [-0.1, -0.05) is 11.8 Å². The molecule has 3 rings (SSSR count). The van der Waals surface area contributed by atoms with E-state index in [9.17, 15) is 4.79 Å². The molecule has 0 unspecified atom stereocenters. The highest BCUT2D eigenvalue weighted by Crippen LogP contribution is 2.37. The third-order valence-corrected chi connectivity index (χ3v) is 4.15. The van der Waals surface area contributed by atoms with Gasteiger partial charge in [0.2, 0.25) is 5.91 Å². The molecule has 0 bridgehead atoms. The van der Waals surface area contributed by atoms with Crippen LogP contribution in [-0.4, -0.2) is 48.2 Å². The van der Waals surface area contributed by atoms with Crippen LogP contribution >= 0.6 is 11.8 Å². The molecule has 1 amide bonds. The molecule has 2 heterocycles. The van der Waals surface area contributed by atoms with Crippen molar-refractivity contribution in [1.82, 2.24) is 35.3 Å². The van der Waals surface area contributed by atoms with Crippen molar-refractivity contribution in [3.8, 4) is 0 Å². The van der Waals surface area contributed by atoms with Gasteiger partial charge in [-0.05, 0) is 19.3 Å². The molecule has 1 aliphatic rings. The first-order valence-electron chi connectivity index (χ1n) is 6.96. The number of aromatic amines is 1. The number of carbonyl (C=O) groups excluding carboxylic acids is 1. The molecule has 2 aromatic heterocycles. The van der Waals surface area contributed by atoms with Crippen LogP contribution < -0.4 is 5.32 Å². The van der Waals surface area contributed by atoms with E-state index in [0.29, 0.717) is 18.3 Å². The second-order valence-electron chi connectivity index (χ2n) is 4.93. The first kappa shape index (κ1) is 14.1. The minimum Gasteiger partial charge on any atom is -0.355 e. The molecule has 0 aliphatic heterocycles. The van der Waals surface area contributed by atoms with Gasteiger partial charge in [-0.2, -0.15) is 5.10 Å². The van der Waals surface area contributed by atoms with E-state index in [1.54, 1.807) is 6.33 Å². The molecular formula is C12H17N7OS. The van der Waals surface area contributed by atoms with Crippen LogP contribution in [0.2, 0.25) is 0 Å². The molecule has 8 nitrogen and oxygen atoms in total. The summed E-state index contributed by atoms with van der Waals surface area (Å²) in [6, 6.07) is 0.535. The number of nitrogens with zero attached hydrogens (tertiary/aromatic N) is 5. The zero-order valence-corrected chi connectivity index (χ0v) is 12.3. The molecule has 0 atom stereocenters. The van der Waals surface area contributed by atoms with Crippen molar-refractivity contribution in [3.05, 3.63) is 18.5 Å². The van der Waals surface area contributed by atoms with E-state index in [2.05, 4.69) is 35.3 Å². The molecule has 0 radical (unpaired) electrons. The molecule has 21 heavy (non-hydrogen) atoms. The van der Waals surface area contributed by atoms with E-state index in [-0.39, 0.29) is 5.91 Å². The van der Waals surface area contributed by atoms with Gasteiger partial charge in [-0.3, -0.25) is 9.89 Å². The number of thioether (sulfide) groups is 1. The second kappa shape index (κ2) is 6.70. The predicted octanol–water partition coefficient (Wildman–Crippen LogP) is 0.572. The Morgan fingerprint density at radius 2 is 2.43 bits per heavy atom. The van der Waals surface area contributed by atoms with Crippen LogP contribution in [-0.2, 0) is 11.2 Å². The van der Waals surface area contributed by atoms with Crippen LogP contribution in [0.1, 0.15) is 31.1 Å². The predicted molar refractivity (Wildman–Crippen MR) is 76.7 cm³/mol. The number of aryl methyl sites for hydroxylation is 1. The molecule has 0 aromatic carbocycles. The van der Waals surface area contributed by atoms with Crippen LogP contribution in [0.4, 0.5) is 0 Å². The van der Waals surface area contributed by atoms with Crippen LogP contribution in [0.25, 0.3) is 0 Å². The topological polar surface area (TPSA) is 101 Å². The maximum absolute atomic E-state index is 11.8. The fourth-order valence-electron chi connectivity index (χ4n) is 1.95. The van der Waals surface area contributed by atoms with Crippen molar-refractivity contribution in [2.75, 3.05) is 12.3 Å². The molecule has 2 aromatic rings. The van der Waals surface area contributed by atoms with Gasteiger partial charge < -0.3 is 9.88 Å². The van der Waals surface area contributed by atoms with Crippen molar-refractivity contribution in [2.24, 2.45) is 0 Å². The van der Waals surface area contributed by atoms with Gasteiger partial charge in [0.1, 0.15) is 18.5 Å². The summed E-state index contributed by atoms with van der Waals surface area (Å²) in [5, 5.41) is 18.3. The Balaban J connectivity index is 1.33. The summed E-state index contributed by atoms with van der Waals surface area (Å²) in [6.45, 7) is 0.634. The monoisotopic (exact) mass is 307 g/mol. The number of aromatic nitrogens is 6. The third kappa shape index (κ3) is 4.03. The molecule has 1 aliphatic carbocycles. The summed E-state index contributed by atoms with van der Waals surface area (Å²) >= 11 is 1.43. The zero-order chi connectivity index (χ0) is 14.5. The smallest absolute Gasteiger partial charge is 0.230 e. The second-order valence-corrected chi connectivity index (χ2v) is 5.87. The number of amides is 1. The lowest BCUT2D eigenvalue weighted by molar-refractivity contribution is -0.118. The molecule has 9 heteroatoms. The molecule has 0 saturated heterocycles. The van der Waals surface area contributed by atoms with Crippen molar-refractivity contribution in [1.29, 1.82) is 0 Å². The van der Waals surface area contributed by atoms with Gasteiger partial charge in [0.25, 0.3) is 0 Å². The van der Waals surface area contributed by atoms with Crippen LogP contribution in [0.3, 0.4) is 0 Å². The summed E-state index contributed by atoms with van der Waals surface area (Å²) in [5.41, 5.74) is 0. The quantitative estimate of drug-likeness (QED) is 0.546. The lowest BCUT2D eigenvalue weighted by Gasteiger charge is -2.05. The first-order chi connectivity index (χ1) is 10.3. The van der Waals surface area contributed by atoms with Crippen LogP contribution in [0, 0.1) is 0 Å². The number of H-pyrrole nitrogens is 1. The lowest BCUT2D eigenvalue weighted by atomic mass is 10.3. The molecule has 1 fully saturated rings. The number of hydrogen-bond acceptors (Lipinski definition) is 6. The highest BCUT2D eigenvalue weighted by molar-refractivity contribution is 7.99. The highest BCUT2D eigenvalue weighted by atomic mass is 32.2. The zero-order valence-electron chi connectivity index (χ0n) is 11.5. The maximum Gasteiger partial charge on any atom is 0.230 e. The summed E-state index contributed by atoms with van der Waals surface area (Å²) in [5.74, 6) is 1.23. The van der Waals surface area contributed by atoms with Gasteiger partial charge in [0.15, 0.2) is 5.16 Å². The lowest BCUT2D eigenvalue weighted by Crippen LogP contribution is -2.26. The van der Waals surface area contributed by atoms with Gasteiger partial charge in [-0.15, -0.1) is 10.2 Å². The van der Waals surface area contributed by atoms with Gasteiger partial charge in [-0.25, -0.2) is 4.98 Å². The van der Waals surface area contributed by atoms with E-state index in [4.69, 9.17) is 0 Å². The van der Waals surface area contributed by atoms with Gasteiger partial charge in [0.05, 0.1) is 5.75 Å². The highest BCUT2D eigenvalue weighted by Gasteiger charge is 2.26. The summed E-state index contributed by atoms with van der Waals surface area (Å²) < 4.78 is 2.06. The Bertz CT molecular complexity index is 578. The third-order valence-electron chi connectivity index (χ3n) is 3.19. The fourth-order valence-corrected chi connectivity index (χ4v) is 2.77. The maximum atomic E-state index is 11.8. The van der Waals surface area contributed by atoms with Crippen molar-refractivity contribution in [2.45, 2.75) is 36.9 Å². The number of nitrogens with one attached hydrogen (secondary N) is 2. The van der Waals surface area contributed by atoms with E-state index >= 15 is 0 Å². The van der Waals surface area contributed by atoms with Crippen LogP contribution in [0.5, 0.6) is 0 Å². The van der Waals surface area contributed by atoms with Gasteiger partial charge in [0, 0.05) is 19.0 Å². The van der Waals surface area contributed by atoms with Crippen LogP contribution in [0.15, 0.2) is 17.8 Å². The Morgan fingerprint density at radius 3 is 3.19 bits per heavy atom. The molecule has 2 N–H and O–H groups in total. The minimum atomic E-state index is 0.0166. The average Bonchev–Trinajstić information content (AvgIpc) is 3.02. The van der Waals surface area contributed by atoms with Crippen molar-refractivity contribution < 1.29 is 4.79 Å².